The number of phosphoric acid groups is 2. The summed E-state index contributed by atoms with van der Waals surface area (Å²) in [4.78, 5) is 72.9. The number of ether oxygens (including phenoxy) is 4. The second-order valence-corrected chi connectivity index (χ2v) is 28.1. The molecule has 17 nitrogen and oxygen atoms in total. The minimum atomic E-state index is -5.00. The van der Waals surface area contributed by atoms with Crippen LogP contribution in [-0.4, -0.2) is 96.7 Å². The third-order valence-electron chi connectivity index (χ3n) is 15.5. The number of esters is 4. The van der Waals surface area contributed by atoms with Crippen molar-refractivity contribution in [2.24, 2.45) is 0 Å². The van der Waals surface area contributed by atoms with Crippen molar-refractivity contribution >= 4 is 39.5 Å². The molecule has 0 rings (SSSR count). The monoisotopic (exact) mass is 1470 g/mol. The van der Waals surface area contributed by atoms with Gasteiger partial charge in [-0.25, -0.2) is 9.13 Å². The Balaban J connectivity index is 5.44. The number of hydrogen-bond acceptors (Lipinski definition) is 15. The van der Waals surface area contributed by atoms with Gasteiger partial charge in [0.05, 0.1) is 32.8 Å². The van der Waals surface area contributed by atoms with E-state index in [0.717, 1.165) is 180 Å². The summed E-state index contributed by atoms with van der Waals surface area (Å²) < 4.78 is 68.4. The number of aliphatic hydroxyl groups excluding tert-OH is 1. The van der Waals surface area contributed by atoms with Crippen LogP contribution in [0.15, 0.2) is 158 Å². The van der Waals surface area contributed by atoms with Gasteiger partial charge in [-0.15, -0.1) is 0 Å². The summed E-state index contributed by atoms with van der Waals surface area (Å²) in [7, 11) is -10.00. The van der Waals surface area contributed by atoms with Crippen molar-refractivity contribution in [3.63, 3.8) is 0 Å². The molecule has 0 aliphatic carbocycles. The zero-order valence-corrected chi connectivity index (χ0v) is 65.0. The van der Waals surface area contributed by atoms with Crippen LogP contribution in [-0.2, 0) is 65.4 Å². The summed E-state index contributed by atoms with van der Waals surface area (Å²) in [5.74, 6) is -2.38. The molecule has 0 aromatic heterocycles. The molecule has 0 heterocycles. The topological polar surface area (TPSA) is 237 Å². The van der Waals surface area contributed by atoms with Crippen LogP contribution in [0.25, 0.3) is 0 Å². The first kappa shape index (κ1) is 96.7. The molecule has 0 amide bonds. The van der Waals surface area contributed by atoms with Gasteiger partial charge in [-0.3, -0.25) is 37.3 Å². The molecule has 580 valence electrons. The van der Waals surface area contributed by atoms with Gasteiger partial charge in [-0.2, -0.15) is 0 Å². The summed E-state index contributed by atoms with van der Waals surface area (Å²) in [5.41, 5.74) is 0. The van der Waals surface area contributed by atoms with E-state index < -0.39 is 97.5 Å². The summed E-state index contributed by atoms with van der Waals surface area (Å²) in [6, 6.07) is 0. The number of rotatable bonds is 71. The lowest BCUT2D eigenvalue weighted by molar-refractivity contribution is -0.161. The van der Waals surface area contributed by atoms with E-state index in [9.17, 15) is 43.2 Å². The number of hydrogen-bond donors (Lipinski definition) is 3. The van der Waals surface area contributed by atoms with Gasteiger partial charge in [0.15, 0.2) is 12.2 Å². The van der Waals surface area contributed by atoms with Crippen molar-refractivity contribution in [1.82, 2.24) is 0 Å². The molecule has 5 unspecified atom stereocenters. The molecule has 0 radical (unpaired) electrons. The number of unbranched alkanes of at least 4 members (excludes halogenated alkanes) is 20. The van der Waals surface area contributed by atoms with E-state index >= 15 is 0 Å². The van der Waals surface area contributed by atoms with Crippen molar-refractivity contribution in [2.45, 2.75) is 303 Å². The standard InChI is InChI=1S/C83H136O17P2/c1-5-9-13-17-21-25-29-33-36-37-38-39-42-45-48-52-56-60-64-68-81(86)94-74-79(100-83(88)70-66-62-58-54-50-46-41-35-31-27-23-19-15-11-7-3)76-98-102(91,92)96-72-77(84)71-95-101(89,90)97-75-78(99-82(87)69-65-61-57-53-49-43-32-28-24-20-16-12-8-4)73-93-80(85)67-63-59-55-51-47-44-40-34-30-26-22-18-14-10-6-2/h9-11,13-15,21-23,25-28,32-36,38-41,47,51,59,63,77-79,84H,5-8,12,16-20,24,29-31,37,42-46,48-50,52-58,60-62,64-76H2,1-4H3,(H,89,90)(H,91,92)/b13-9-,14-10-,15-11-,25-21-,26-22-,27-23-,32-28-,36-33-,39-38-,40-34-,41-35-,51-47-,63-59-. The average molecular weight is 1470 g/mol. The molecular weight excluding hydrogens is 1330 g/mol. The zero-order chi connectivity index (χ0) is 74.6. The highest BCUT2D eigenvalue weighted by Crippen LogP contribution is 2.45. The van der Waals surface area contributed by atoms with Gasteiger partial charge < -0.3 is 33.8 Å². The van der Waals surface area contributed by atoms with E-state index in [1.165, 1.54) is 25.7 Å². The van der Waals surface area contributed by atoms with Gasteiger partial charge in [0.1, 0.15) is 19.3 Å². The van der Waals surface area contributed by atoms with Crippen molar-refractivity contribution < 1.29 is 80.2 Å². The fourth-order valence-corrected chi connectivity index (χ4v) is 11.3. The van der Waals surface area contributed by atoms with Gasteiger partial charge in [0, 0.05) is 19.3 Å². The molecule has 0 aliphatic heterocycles. The maximum Gasteiger partial charge on any atom is 0.472 e. The highest BCUT2D eigenvalue weighted by Gasteiger charge is 2.30. The van der Waals surface area contributed by atoms with Crippen molar-refractivity contribution in [3.8, 4) is 0 Å². The van der Waals surface area contributed by atoms with E-state index in [-0.39, 0.29) is 25.7 Å². The third-order valence-corrected chi connectivity index (χ3v) is 17.4. The Bertz CT molecular complexity index is 2550. The Labute approximate surface area is 617 Å². The van der Waals surface area contributed by atoms with E-state index in [1.54, 1.807) is 6.08 Å². The highest BCUT2D eigenvalue weighted by molar-refractivity contribution is 7.47. The molecule has 102 heavy (non-hydrogen) atoms. The Morgan fingerprint density at radius 2 is 0.549 bits per heavy atom. The predicted molar refractivity (Wildman–Crippen MR) is 417 cm³/mol. The molecule has 5 atom stereocenters. The maximum absolute atomic E-state index is 13.1. The van der Waals surface area contributed by atoms with Crippen LogP contribution < -0.4 is 0 Å². The fraction of sp³-hybridized carbons (Fsp3) is 0.639. The van der Waals surface area contributed by atoms with Crippen molar-refractivity contribution in [3.05, 3.63) is 158 Å². The van der Waals surface area contributed by atoms with Gasteiger partial charge in [0.25, 0.3) is 0 Å². The van der Waals surface area contributed by atoms with E-state index in [0.29, 0.717) is 25.7 Å². The van der Waals surface area contributed by atoms with Gasteiger partial charge >= 0.3 is 39.5 Å². The van der Waals surface area contributed by atoms with Gasteiger partial charge in [-0.05, 0) is 148 Å². The second kappa shape index (κ2) is 74.0. The first-order chi connectivity index (χ1) is 49.7. The first-order valence-electron chi connectivity index (χ1n) is 38.7. The van der Waals surface area contributed by atoms with Crippen molar-refractivity contribution in [1.29, 1.82) is 0 Å². The van der Waals surface area contributed by atoms with E-state index in [4.69, 9.17) is 37.0 Å². The molecule has 0 saturated heterocycles. The molecule has 0 fully saturated rings. The minimum Gasteiger partial charge on any atom is -0.462 e. The Morgan fingerprint density at radius 3 is 0.882 bits per heavy atom. The molecule has 0 aromatic rings. The van der Waals surface area contributed by atoms with Crippen LogP contribution in [0.2, 0.25) is 0 Å². The van der Waals surface area contributed by atoms with Crippen LogP contribution >= 0.6 is 15.6 Å². The van der Waals surface area contributed by atoms with Crippen LogP contribution in [0, 0.1) is 0 Å². The second-order valence-electron chi connectivity index (χ2n) is 25.2. The molecule has 0 aromatic carbocycles. The molecule has 3 N–H and O–H groups in total. The summed E-state index contributed by atoms with van der Waals surface area (Å²) >= 11 is 0. The van der Waals surface area contributed by atoms with Crippen LogP contribution in [0.3, 0.4) is 0 Å². The Kier molecular flexibility index (Phi) is 70.1. The largest absolute Gasteiger partial charge is 0.472 e. The number of phosphoric ester groups is 2. The molecular formula is C83H136O17P2. The Morgan fingerprint density at radius 1 is 0.294 bits per heavy atom. The van der Waals surface area contributed by atoms with E-state index in [1.807, 2.05) is 18.2 Å². The average Bonchev–Trinajstić information content (AvgIpc) is 0.909. The lowest BCUT2D eigenvalue weighted by atomic mass is 10.1. The lowest BCUT2D eigenvalue weighted by Gasteiger charge is -2.21. The molecule has 0 saturated carbocycles. The molecule has 19 heteroatoms. The number of aliphatic hydroxyl groups is 1. The summed E-state index contributed by atoms with van der Waals surface area (Å²) in [6.45, 7) is 4.34. The number of carbonyl (C=O) groups excluding carboxylic acids is 4. The van der Waals surface area contributed by atoms with Crippen LogP contribution in [0.5, 0.6) is 0 Å². The molecule has 0 aliphatic rings. The maximum atomic E-state index is 13.1. The summed E-state index contributed by atoms with van der Waals surface area (Å²) in [5, 5.41) is 10.6. The number of carbonyl (C=O) groups is 4. The Hall–Kier alpha value is -5.32. The fourth-order valence-electron chi connectivity index (χ4n) is 9.70. The van der Waals surface area contributed by atoms with E-state index in [2.05, 4.69) is 161 Å². The molecule has 0 spiro atoms. The van der Waals surface area contributed by atoms with Gasteiger partial charge in [-0.1, -0.05) is 269 Å². The zero-order valence-electron chi connectivity index (χ0n) is 63.2. The molecule has 0 bridgehead atoms. The lowest BCUT2D eigenvalue weighted by Crippen LogP contribution is -2.30. The SMILES string of the molecule is CC/C=C\C/C=C\C/C=C\C/C=C\C/C=C\CC(=O)OCC(COP(=O)(O)OCC(O)COP(=O)(O)OCC(COC(=O)CCCCCCCC/C=C\C/C=C\C/C=C\C/C=C\CC)OC(=O)CCCCCCC/C=C\C/C=C\C/C=C\CC)OC(=O)CCCCCCC/C=C\CCCCCC. The van der Waals surface area contributed by atoms with Gasteiger partial charge in [0.2, 0.25) is 0 Å². The smallest absolute Gasteiger partial charge is 0.462 e. The van der Waals surface area contributed by atoms with Crippen molar-refractivity contribution in [2.75, 3.05) is 39.6 Å². The third kappa shape index (κ3) is 73.0. The highest BCUT2D eigenvalue weighted by atomic mass is 31.2. The predicted octanol–water partition coefficient (Wildman–Crippen LogP) is 22.4. The van der Waals surface area contributed by atoms with Crippen LogP contribution in [0.1, 0.15) is 285 Å². The normalized spacial score (nSPS) is 14.8. The minimum absolute atomic E-state index is 0.0607. The first-order valence-corrected chi connectivity index (χ1v) is 41.7. The van der Waals surface area contributed by atoms with Crippen LogP contribution in [0.4, 0.5) is 0 Å². The summed E-state index contributed by atoms with van der Waals surface area (Å²) in [6.07, 6.45) is 85.5. The number of allylic oxidation sites excluding steroid dienone is 25. The quantitative estimate of drug-likeness (QED) is 0.0169.